The molecule has 88 valence electrons. The van der Waals surface area contributed by atoms with Gasteiger partial charge in [0.15, 0.2) is 6.61 Å². The minimum absolute atomic E-state index is 0.0223. The Hall–Kier alpha value is -1.71. The number of hydrogen-bond donors (Lipinski definition) is 2. The topological polar surface area (TPSA) is 64.3 Å². The third kappa shape index (κ3) is 4.21. The Morgan fingerprint density at radius 2 is 2.00 bits per heavy atom. The van der Waals surface area contributed by atoms with Crippen LogP contribution >= 0.6 is 0 Å². The highest BCUT2D eigenvalue weighted by Gasteiger charge is 2.14. The molecule has 0 unspecified atom stereocenters. The molecule has 0 saturated carbocycles. The molecular formula is C12H18N2O2. The molecular weight excluding hydrogens is 204 g/mol. The van der Waals surface area contributed by atoms with Gasteiger partial charge in [0.2, 0.25) is 0 Å². The number of benzene rings is 1. The van der Waals surface area contributed by atoms with Crippen LogP contribution in [0.4, 0.5) is 5.69 Å². The fraction of sp³-hybridized carbons (Fsp3) is 0.417. The van der Waals surface area contributed by atoms with E-state index >= 15 is 0 Å². The molecule has 1 aromatic rings. The van der Waals surface area contributed by atoms with Crippen molar-refractivity contribution in [3.8, 4) is 5.75 Å². The van der Waals surface area contributed by atoms with Crippen LogP contribution in [0.5, 0.6) is 5.75 Å². The molecule has 0 atom stereocenters. The first-order valence-corrected chi connectivity index (χ1v) is 5.17. The molecule has 0 radical (unpaired) electrons. The Morgan fingerprint density at radius 3 is 2.56 bits per heavy atom. The van der Waals surface area contributed by atoms with Crippen molar-refractivity contribution in [2.75, 3.05) is 12.3 Å². The minimum atomic E-state index is -0.247. The number of ether oxygens (including phenoxy) is 1. The van der Waals surface area contributed by atoms with Gasteiger partial charge in [-0.15, -0.1) is 0 Å². The third-order valence-corrected chi connectivity index (χ3v) is 1.79. The van der Waals surface area contributed by atoms with Crippen LogP contribution in [0.25, 0.3) is 0 Å². The Labute approximate surface area is 95.8 Å². The second-order valence-corrected chi connectivity index (χ2v) is 4.62. The lowest BCUT2D eigenvalue weighted by Gasteiger charge is -2.20. The Morgan fingerprint density at radius 1 is 1.38 bits per heavy atom. The molecule has 1 aromatic carbocycles. The van der Waals surface area contributed by atoms with Crippen LogP contribution < -0.4 is 15.8 Å². The number of nitrogens with two attached hydrogens (primary N) is 1. The van der Waals surface area contributed by atoms with Crippen LogP contribution in [-0.4, -0.2) is 18.1 Å². The quantitative estimate of drug-likeness (QED) is 0.763. The van der Waals surface area contributed by atoms with Crippen molar-refractivity contribution in [3.63, 3.8) is 0 Å². The first-order valence-electron chi connectivity index (χ1n) is 5.17. The summed E-state index contributed by atoms with van der Waals surface area (Å²) in [6.07, 6.45) is 0. The molecule has 1 rings (SSSR count). The molecule has 4 nitrogen and oxygen atoms in total. The Balaban J connectivity index is 2.47. The zero-order chi connectivity index (χ0) is 12.2. The van der Waals surface area contributed by atoms with Crippen molar-refractivity contribution >= 4 is 11.6 Å². The Kier molecular flexibility index (Phi) is 3.77. The van der Waals surface area contributed by atoms with Crippen molar-refractivity contribution in [2.45, 2.75) is 26.3 Å². The van der Waals surface area contributed by atoms with Gasteiger partial charge in [0, 0.05) is 5.54 Å². The standard InChI is InChI=1S/C12H18N2O2/c1-12(2,3)14-11(15)8-16-10-7-5-4-6-9(10)13/h4-7H,8,13H2,1-3H3,(H,14,15). The number of amides is 1. The van der Waals surface area contributed by atoms with Gasteiger partial charge in [-0.2, -0.15) is 0 Å². The number of nitrogen functional groups attached to an aromatic ring is 1. The molecule has 0 heterocycles. The van der Waals surface area contributed by atoms with E-state index in [1.54, 1.807) is 12.1 Å². The second-order valence-electron chi connectivity index (χ2n) is 4.62. The summed E-state index contributed by atoms with van der Waals surface area (Å²) >= 11 is 0. The number of carbonyl (C=O) groups is 1. The molecule has 1 amide bonds. The number of anilines is 1. The van der Waals surface area contributed by atoms with Crippen LogP contribution in [0.3, 0.4) is 0 Å². The summed E-state index contributed by atoms with van der Waals surface area (Å²) in [5.74, 6) is 0.377. The van der Waals surface area contributed by atoms with Crippen LogP contribution in [0.1, 0.15) is 20.8 Å². The fourth-order valence-electron chi connectivity index (χ4n) is 1.21. The summed E-state index contributed by atoms with van der Waals surface area (Å²) in [7, 11) is 0. The lowest BCUT2D eigenvalue weighted by atomic mass is 10.1. The van der Waals surface area contributed by atoms with E-state index in [4.69, 9.17) is 10.5 Å². The van der Waals surface area contributed by atoms with Gasteiger partial charge in [0.05, 0.1) is 5.69 Å². The van der Waals surface area contributed by atoms with Gasteiger partial charge in [-0.1, -0.05) is 12.1 Å². The van der Waals surface area contributed by atoms with E-state index in [0.717, 1.165) is 0 Å². The predicted molar refractivity (Wildman–Crippen MR) is 64.2 cm³/mol. The smallest absolute Gasteiger partial charge is 0.258 e. The predicted octanol–water partition coefficient (Wildman–Crippen LogP) is 1.56. The van der Waals surface area contributed by atoms with Gasteiger partial charge in [-0.25, -0.2) is 0 Å². The highest BCUT2D eigenvalue weighted by Crippen LogP contribution is 2.19. The summed E-state index contributed by atoms with van der Waals surface area (Å²) in [4.78, 5) is 11.5. The summed E-state index contributed by atoms with van der Waals surface area (Å²) < 4.78 is 5.31. The molecule has 0 aliphatic rings. The zero-order valence-corrected chi connectivity index (χ0v) is 9.91. The molecule has 0 aliphatic heterocycles. The van der Waals surface area contributed by atoms with Crippen molar-refractivity contribution in [1.29, 1.82) is 0 Å². The van der Waals surface area contributed by atoms with E-state index in [1.165, 1.54) is 0 Å². The average Bonchev–Trinajstić information content (AvgIpc) is 2.14. The van der Waals surface area contributed by atoms with E-state index < -0.39 is 0 Å². The van der Waals surface area contributed by atoms with E-state index in [0.29, 0.717) is 11.4 Å². The van der Waals surface area contributed by atoms with Gasteiger partial charge in [-0.05, 0) is 32.9 Å². The van der Waals surface area contributed by atoms with Crippen molar-refractivity contribution in [1.82, 2.24) is 5.32 Å². The van der Waals surface area contributed by atoms with E-state index in [9.17, 15) is 4.79 Å². The maximum Gasteiger partial charge on any atom is 0.258 e. The molecule has 4 heteroatoms. The Bertz CT molecular complexity index is 370. The van der Waals surface area contributed by atoms with Gasteiger partial charge in [0.25, 0.3) is 5.91 Å². The monoisotopic (exact) mass is 222 g/mol. The van der Waals surface area contributed by atoms with E-state index in [-0.39, 0.29) is 18.1 Å². The largest absolute Gasteiger partial charge is 0.482 e. The molecule has 0 bridgehead atoms. The van der Waals surface area contributed by atoms with Crippen LogP contribution in [-0.2, 0) is 4.79 Å². The van der Waals surface area contributed by atoms with Gasteiger partial charge < -0.3 is 15.8 Å². The van der Waals surface area contributed by atoms with Crippen molar-refractivity contribution < 1.29 is 9.53 Å². The molecule has 0 aromatic heterocycles. The molecule has 0 saturated heterocycles. The number of carbonyl (C=O) groups excluding carboxylic acids is 1. The summed E-state index contributed by atoms with van der Waals surface area (Å²) in [6.45, 7) is 5.73. The molecule has 0 spiro atoms. The lowest BCUT2D eigenvalue weighted by molar-refractivity contribution is -0.124. The number of rotatable bonds is 3. The van der Waals surface area contributed by atoms with E-state index in [2.05, 4.69) is 5.32 Å². The molecule has 0 fully saturated rings. The maximum atomic E-state index is 11.5. The minimum Gasteiger partial charge on any atom is -0.482 e. The maximum absolute atomic E-state index is 11.5. The average molecular weight is 222 g/mol. The first kappa shape index (κ1) is 12.4. The highest BCUT2D eigenvalue weighted by atomic mass is 16.5. The number of hydrogen-bond acceptors (Lipinski definition) is 3. The summed E-state index contributed by atoms with van der Waals surface area (Å²) in [5.41, 5.74) is 5.96. The van der Waals surface area contributed by atoms with Crippen LogP contribution in [0.15, 0.2) is 24.3 Å². The molecule has 0 aliphatic carbocycles. The highest BCUT2D eigenvalue weighted by molar-refractivity contribution is 5.78. The second kappa shape index (κ2) is 4.88. The summed E-state index contributed by atoms with van der Waals surface area (Å²) in [6, 6.07) is 7.10. The number of nitrogens with one attached hydrogen (secondary N) is 1. The van der Waals surface area contributed by atoms with Crippen molar-refractivity contribution in [2.24, 2.45) is 0 Å². The van der Waals surface area contributed by atoms with Gasteiger partial charge in [-0.3, -0.25) is 4.79 Å². The van der Waals surface area contributed by atoms with Gasteiger partial charge in [0.1, 0.15) is 5.75 Å². The summed E-state index contributed by atoms with van der Waals surface area (Å²) in [5, 5.41) is 2.80. The van der Waals surface area contributed by atoms with Crippen LogP contribution in [0, 0.1) is 0 Å². The van der Waals surface area contributed by atoms with Crippen LogP contribution in [0.2, 0.25) is 0 Å². The van der Waals surface area contributed by atoms with Crippen molar-refractivity contribution in [3.05, 3.63) is 24.3 Å². The molecule has 16 heavy (non-hydrogen) atoms. The normalized spacial score (nSPS) is 10.9. The zero-order valence-electron chi connectivity index (χ0n) is 9.91. The van der Waals surface area contributed by atoms with Gasteiger partial charge >= 0.3 is 0 Å². The lowest BCUT2D eigenvalue weighted by Crippen LogP contribution is -2.43. The molecule has 3 N–H and O–H groups in total. The number of para-hydroxylation sites is 2. The van der Waals surface area contributed by atoms with E-state index in [1.807, 2.05) is 32.9 Å². The first-order chi connectivity index (χ1) is 7.38. The fourth-order valence-corrected chi connectivity index (χ4v) is 1.21. The SMILES string of the molecule is CC(C)(C)NC(=O)COc1ccccc1N. The third-order valence-electron chi connectivity index (χ3n) is 1.79.